The molecule has 21 heavy (non-hydrogen) atoms. The first-order chi connectivity index (χ1) is 9.91. The summed E-state index contributed by atoms with van der Waals surface area (Å²) < 4.78 is 47.2. The van der Waals surface area contributed by atoms with Crippen LogP contribution in [0.3, 0.4) is 0 Å². The first-order valence-corrected chi connectivity index (χ1v) is 7.30. The van der Waals surface area contributed by atoms with E-state index in [1.807, 2.05) is 0 Å². The van der Waals surface area contributed by atoms with Crippen molar-refractivity contribution in [2.24, 2.45) is 0 Å². The van der Waals surface area contributed by atoms with Gasteiger partial charge in [0.25, 0.3) is 5.91 Å². The number of carbonyl (C=O) groups excluding carboxylic acids is 1. The quantitative estimate of drug-likeness (QED) is 0.940. The number of pyridine rings is 1. The summed E-state index contributed by atoms with van der Waals surface area (Å²) in [5.41, 5.74) is 0.459. The number of hydrogen-bond acceptors (Lipinski definition) is 4. The largest absolute Gasteiger partial charge is 0.341 e. The van der Waals surface area contributed by atoms with Gasteiger partial charge >= 0.3 is 5.76 Å². The molecule has 0 aliphatic rings. The number of benzene rings is 1. The van der Waals surface area contributed by atoms with Crippen molar-refractivity contribution < 1.29 is 22.0 Å². The summed E-state index contributed by atoms with van der Waals surface area (Å²) in [6.45, 7) is 0. The number of sulfone groups is 1. The number of amides is 1. The Morgan fingerprint density at radius 2 is 1.76 bits per heavy atom. The topological polar surface area (TPSA) is 76.1 Å². The van der Waals surface area contributed by atoms with Gasteiger partial charge in [-0.25, -0.2) is 8.42 Å². The lowest BCUT2D eigenvalue weighted by Gasteiger charge is -2.06. The van der Waals surface area contributed by atoms with Crippen molar-refractivity contribution in [2.75, 3.05) is 5.32 Å². The van der Waals surface area contributed by atoms with Crippen LogP contribution in [-0.4, -0.2) is 25.1 Å². The number of rotatable bonds is 4. The number of halogens is 2. The molecular weight excluding hydrogens is 302 g/mol. The maximum Gasteiger partial charge on any atom is 0.341 e. The molecular formula is C13H10F2N2O3S. The smallest absolute Gasteiger partial charge is 0.321 e. The molecule has 1 heterocycles. The first-order valence-electron chi connectivity index (χ1n) is 5.76. The fraction of sp³-hybridized carbons (Fsp3) is 0.0769. The van der Waals surface area contributed by atoms with Crippen LogP contribution in [0.5, 0.6) is 0 Å². The molecule has 1 N–H and O–H groups in total. The van der Waals surface area contributed by atoms with Crippen LogP contribution >= 0.6 is 0 Å². The number of hydrogen-bond donors (Lipinski definition) is 1. The molecule has 0 saturated carbocycles. The van der Waals surface area contributed by atoms with E-state index in [-0.39, 0.29) is 11.4 Å². The Morgan fingerprint density at radius 1 is 1.10 bits per heavy atom. The highest BCUT2D eigenvalue weighted by Gasteiger charge is 2.26. The van der Waals surface area contributed by atoms with E-state index in [4.69, 9.17) is 0 Å². The zero-order valence-corrected chi connectivity index (χ0v) is 11.3. The van der Waals surface area contributed by atoms with Crippen LogP contribution in [0.1, 0.15) is 10.5 Å². The Kier molecular flexibility index (Phi) is 4.27. The Morgan fingerprint density at radius 3 is 2.29 bits per heavy atom. The summed E-state index contributed by atoms with van der Waals surface area (Å²) in [6, 6.07) is 9.28. The number of nitrogens with one attached hydrogen (secondary N) is 1. The predicted molar refractivity (Wildman–Crippen MR) is 71.8 cm³/mol. The second-order valence-electron chi connectivity index (χ2n) is 4.00. The molecule has 0 saturated heterocycles. The summed E-state index contributed by atoms with van der Waals surface area (Å²) >= 11 is 0. The van der Waals surface area contributed by atoms with Gasteiger partial charge in [0.2, 0.25) is 9.84 Å². The number of alkyl halides is 2. The van der Waals surface area contributed by atoms with Gasteiger partial charge < -0.3 is 5.32 Å². The molecule has 0 aliphatic heterocycles. The maximum absolute atomic E-state index is 12.4. The van der Waals surface area contributed by atoms with E-state index < -0.39 is 26.4 Å². The van der Waals surface area contributed by atoms with Crippen molar-refractivity contribution in [1.29, 1.82) is 0 Å². The van der Waals surface area contributed by atoms with Crippen molar-refractivity contribution in [3.8, 4) is 0 Å². The van der Waals surface area contributed by atoms with Gasteiger partial charge in [0, 0.05) is 11.9 Å². The molecule has 110 valence electrons. The van der Waals surface area contributed by atoms with E-state index in [9.17, 15) is 22.0 Å². The average Bonchev–Trinajstić information content (AvgIpc) is 2.48. The fourth-order valence-electron chi connectivity index (χ4n) is 1.52. The van der Waals surface area contributed by atoms with Crippen molar-refractivity contribution in [3.63, 3.8) is 0 Å². The molecule has 0 atom stereocenters. The molecule has 2 rings (SSSR count). The van der Waals surface area contributed by atoms with Gasteiger partial charge in [-0.2, -0.15) is 8.78 Å². The van der Waals surface area contributed by atoms with E-state index in [1.54, 1.807) is 12.1 Å². The standard InChI is InChI=1S/C13H10F2N2O3S/c14-13(15)21(19,20)10-6-4-9(5-7-10)17-12(18)11-3-1-2-8-16-11/h1-8,13H,(H,17,18). The van der Waals surface area contributed by atoms with E-state index >= 15 is 0 Å². The predicted octanol–water partition coefficient (Wildman–Crippen LogP) is 2.33. The third kappa shape index (κ3) is 3.40. The second-order valence-corrected chi connectivity index (χ2v) is 5.92. The van der Waals surface area contributed by atoms with Crippen molar-refractivity contribution >= 4 is 21.4 Å². The van der Waals surface area contributed by atoms with Crippen molar-refractivity contribution in [1.82, 2.24) is 4.98 Å². The number of nitrogens with zero attached hydrogens (tertiary/aromatic N) is 1. The monoisotopic (exact) mass is 312 g/mol. The van der Waals surface area contributed by atoms with Gasteiger partial charge in [-0.3, -0.25) is 9.78 Å². The lowest BCUT2D eigenvalue weighted by molar-refractivity contribution is 0.102. The van der Waals surface area contributed by atoms with Gasteiger partial charge in [-0.05, 0) is 36.4 Å². The van der Waals surface area contributed by atoms with Gasteiger partial charge in [0.05, 0.1) is 4.90 Å². The van der Waals surface area contributed by atoms with Crippen LogP contribution in [-0.2, 0) is 9.84 Å². The summed E-state index contributed by atoms with van der Waals surface area (Å²) in [7, 11) is -4.63. The van der Waals surface area contributed by atoms with Gasteiger partial charge in [-0.15, -0.1) is 0 Å². The molecule has 0 spiro atoms. The number of aromatic nitrogens is 1. The average molecular weight is 312 g/mol. The molecule has 0 aliphatic carbocycles. The van der Waals surface area contributed by atoms with Crippen LogP contribution in [0.15, 0.2) is 53.6 Å². The Bertz CT molecular complexity index is 732. The summed E-state index contributed by atoms with van der Waals surface area (Å²) in [5, 5.41) is 2.48. The van der Waals surface area contributed by atoms with Crippen LogP contribution in [0, 0.1) is 0 Å². The molecule has 1 aromatic heterocycles. The van der Waals surface area contributed by atoms with E-state index in [2.05, 4.69) is 10.3 Å². The van der Waals surface area contributed by atoms with Crippen LogP contribution in [0.25, 0.3) is 0 Å². The normalized spacial score (nSPS) is 11.4. The SMILES string of the molecule is O=C(Nc1ccc(S(=O)(=O)C(F)F)cc1)c1ccccn1. The molecule has 0 unspecified atom stereocenters. The van der Waals surface area contributed by atoms with E-state index in [0.29, 0.717) is 0 Å². The minimum absolute atomic E-state index is 0.182. The van der Waals surface area contributed by atoms with Crippen LogP contribution < -0.4 is 5.32 Å². The number of anilines is 1. The molecule has 2 aromatic rings. The first kappa shape index (κ1) is 15.0. The lowest BCUT2D eigenvalue weighted by Crippen LogP contribution is -2.14. The zero-order valence-electron chi connectivity index (χ0n) is 10.5. The Balaban J connectivity index is 2.16. The maximum atomic E-state index is 12.4. The fourth-order valence-corrected chi connectivity index (χ4v) is 2.24. The summed E-state index contributed by atoms with van der Waals surface area (Å²) in [5.74, 6) is -3.97. The molecule has 1 amide bonds. The minimum atomic E-state index is -4.63. The highest BCUT2D eigenvalue weighted by molar-refractivity contribution is 7.91. The molecule has 8 heteroatoms. The lowest BCUT2D eigenvalue weighted by atomic mass is 10.3. The molecule has 0 bridgehead atoms. The Labute approximate surface area is 119 Å². The third-order valence-electron chi connectivity index (χ3n) is 2.57. The highest BCUT2D eigenvalue weighted by atomic mass is 32.2. The molecule has 0 fully saturated rings. The van der Waals surface area contributed by atoms with Crippen LogP contribution in [0.2, 0.25) is 0 Å². The highest BCUT2D eigenvalue weighted by Crippen LogP contribution is 2.20. The zero-order chi connectivity index (χ0) is 15.5. The van der Waals surface area contributed by atoms with Gasteiger partial charge in [0.15, 0.2) is 0 Å². The third-order valence-corrected chi connectivity index (χ3v) is 3.97. The van der Waals surface area contributed by atoms with Crippen molar-refractivity contribution in [2.45, 2.75) is 10.7 Å². The van der Waals surface area contributed by atoms with Gasteiger partial charge in [0.1, 0.15) is 5.69 Å². The minimum Gasteiger partial charge on any atom is -0.321 e. The van der Waals surface area contributed by atoms with Crippen molar-refractivity contribution in [3.05, 3.63) is 54.4 Å². The number of carbonyl (C=O) groups is 1. The Hall–Kier alpha value is -2.35. The summed E-state index contributed by atoms with van der Waals surface area (Å²) in [6.07, 6.45) is 1.45. The molecule has 5 nitrogen and oxygen atoms in total. The molecule has 0 radical (unpaired) electrons. The second kappa shape index (κ2) is 5.96. The summed E-state index contributed by atoms with van der Waals surface area (Å²) in [4.78, 5) is 15.1. The van der Waals surface area contributed by atoms with E-state index in [0.717, 1.165) is 12.1 Å². The van der Waals surface area contributed by atoms with Crippen LogP contribution in [0.4, 0.5) is 14.5 Å². The van der Waals surface area contributed by atoms with Gasteiger partial charge in [-0.1, -0.05) is 6.07 Å². The molecule has 1 aromatic carbocycles. The van der Waals surface area contributed by atoms with E-state index in [1.165, 1.54) is 24.4 Å².